The van der Waals surface area contributed by atoms with Crippen molar-refractivity contribution in [2.75, 3.05) is 24.5 Å². The van der Waals surface area contributed by atoms with Crippen LogP contribution in [0.1, 0.15) is 13.8 Å². The van der Waals surface area contributed by atoms with Gasteiger partial charge in [0.1, 0.15) is 11.5 Å². The summed E-state index contributed by atoms with van der Waals surface area (Å²) >= 11 is 0. The van der Waals surface area contributed by atoms with Crippen LogP contribution in [0.5, 0.6) is 0 Å². The Bertz CT molecular complexity index is 1140. The number of fused-ring (bicyclic) bond motifs is 1. The maximum atomic E-state index is 5.03. The molecule has 152 valence electrons. The van der Waals surface area contributed by atoms with Crippen molar-refractivity contribution in [3.63, 3.8) is 0 Å². The van der Waals surface area contributed by atoms with E-state index in [1.165, 1.54) is 0 Å². The molecular weight excluding hydrogens is 374 g/mol. The molecule has 0 spiro atoms. The third kappa shape index (κ3) is 3.41. The van der Waals surface area contributed by atoms with Crippen LogP contribution >= 0.6 is 0 Å². The summed E-state index contributed by atoms with van der Waals surface area (Å²) in [6, 6.07) is 12.6. The fraction of sp³-hybridized carbons (Fsp3) is 0.304. The van der Waals surface area contributed by atoms with Gasteiger partial charge in [0, 0.05) is 61.6 Å². The number of piperazine rings is 1. The van der Waals surface area contributed by atoms with Crippen molar-refractivity contribution in [3.8, 4) is 22.5 Å². The molecule has 7 nitrogen and oxygen atoms in total. The van der Waals surface area contributed by atoms with E-state index in [2.05, 4.69) is 46.2 Å². The molecule has 0 bridgehead atoms. The molecule has 1 N–H and O–H groups in total. The molecule has 1 saturated heterocycles. The third-order valence-corrected chi connectivity index (χ3v) is 5.70. The van der Waals surface area contributed by atoms with Gasteiger partial charge < -0.3 is 10.2 Å². The Labute approximate surface area is 175 Å². The zero-order valence-corrected chi connectivity index (χ0v) is 17.2. The molecule has 1 fully saturated rings. The fourth-order valence-electron chi connectivity index (χ4n) is 4.00. The maximum Gasteiger partial charge on any atom is 0.155 e. The van der Waals surface area contributed by atoms with Crippen LogP contribution in [0, 0.1) is 5.92 Å². The lowest BCUT2D eigenvalue weighted by atomic mass is 10.0. The van der Waals surface area contributed by atoms with Crippen LogP contribution in [0.15, 0.2) is 61.2 Å². The van der Waals surface area contributed by atoms with Crippen LogP contribution in [-0.2, 0) is 0 Å². The van der Waals surface area contributed by atoms with Crippen LogP contribution < -0.4 is 10.2 Å². The van der Waals surface area contributed by atoms with E-state index in [1.54, 1.807) is 24.8 Å². The zero-order chi connectivity index (χ0) is 20.5. The number of hydrogen-bond donors (Lipinski definition) is 1. The van der Waals surface area contributed by atoms with Crippen LogP contribution in [0.4, 0.5) is 5.82 Å². The lowest BCUT2D eigenvalue weighted by molar-refractivity contribution is 0.367. The minimum Gasteiger partial charge on any atom is -0.352 e. The number of pyridine rings is 2. The SMILES string of the molecule is CC(C)[C@@H]1CN(c2ccc3nc(-c4ccncc4)c(-c4ccncc4)n3n2)CCN1. The number of nitrogens with zero attached hydrogens (tertiary/aromatic N) is 6. The number of nitrogens with one attached hydrogen (secondary N) is 1. The first-order valence-corrected chi connectivity index (χ1v) is 10.4. The van der Waals surface area contributed by atoms with Gasteiger partial charge in [0.15, 0.2) is 5.65 Å². The molecule has 0 amide bonds. The molecule has 4 aromatic heterocycles. The molecule has 0 radical (unpaired) electrons. The minimum absolute atomic E-state index is 0.464. The van der Waals surface area contributed by atoms with Gasteiger partial charge in [-0.3, -0.25) is 9.97 Å². The van der Waals surface area contributed by atoms with Gasteiger partial charge in [-0.1, -0.05) is 13.8 Å². The van der Waals surface area contributed by atoms with Gasteiger partial charge in [-0.05, 0) is 42.3 Å². The molecule has 5 rings (SSSR count). The number of anilines is 1. The lowest BCUT2D eigenvalue weighted by Crippen LogP contribution is -2.53. The molecule has 1 aliphatic heterocycles. The Hall–Kier alpha value is -3.32. The zero-order valence-electron chi connectivity index (χ0n) is 17.2. The summed E-state index contributed by atoms with van der Waals surface area (Å²) in [6.07, 6.45) is 7.19. The first-order valence-electron chi connectivity index (χ1n) is 10.4. The van der Waals surface area contributed by atoms with Gasteiger partial charge in [0.05, 0.1) is 5.69 Å². The molecule has 30 heavy (non-hydrogen) atoms. The maximum absolute atomic E-state index is 5.03. The van der Waals surface area contributed by atoms with Crippen molar-refractivity contribution < 1.29 is 0 Å². The standard InChI is InChI=1S/C23H25N7/c1-16(2)19-15-29(14-13-26-19)21-4-3-20-27-22(17-5-9-24-10-6-17)23(30(20)28-21)18-7-11-25-12-8-18/h3-12,16,19,26H,13-15H2,1-2H3/t19-/m0/s1. The Morgan fingerprint density at radius 3 is 2.33 bits per heavy atom. The second-order valence-electron chi connectivity index (χ2n) is 7.99. The van der Waals surface area contributed by atoms with E-state index in [4.69, 9.17) is 10.1 Å². The number of rotatable bonds is 4. The summed E-state index contributed by atoms with van der Waals surface area (Å²) in [5.41, 5.74) is 4.75. The number of hydrogen-bond acceptors (Lipinski definition) is 6. The van der Waals surface area contributed by atoms with E-state index < -0.39 is 0 Å². The van der Waals surface area contributed by atoms with Gasteiger partial charge in [0.25, 0.3) is 0 Å². The van der Waals surface area contributed by atoms with Crippen molar-refractivity contribution in [2.45, 2.75) is 19.9 Å². The van der Waals surface area contributed by atoms with Crippen LogP contribution in [0.25, 0.3) is 28.2 Å². The Balaban J connectivity index is 1.64. The molecule has 0 saturated carbocycles. The first-order chi connectivity index (χ1) is 14.7. The summed E-state index contributed by atoms with van der Waals surface area (Å²) in [7, 11) is 0. The topological polar surface area (TPSA) is 71.2 Å². The quantitative estimate of drug-likeness (QED) is 0.568. The molecule has 7 heteroatoms. The van der Waals surface area contributed by atoms with E-state index >= 15 is 0 Å². The van der Waals surface area contributed by atoms with Gasteiger partial charge in [-0.2, -0.15) is 0 Å². The van der Waals surface area contributed by atoms with Crippen molar-refractivity contribution in [1.82, 2.24) is 29.9 Å². The van der Waals surface area contributed by atoms with E-state index in [9.17, 15) is 0 Å². The van der Waals surface area contributed by atoms with Crippen LogP contribution in [-0.4, -0.2) is 50.2 Å². The second kappa shape index (κ2) is 7.84. The van der Waals surface area contributed by atoms with Crippen LogP contribution in [0.3, 0.4) is 0 Å². The van der Waals surface area contributed by atoms with Crippen molar-refractivity contribution >= 4 is 11.5 Å². The molecule has 4 aromatic rings. The van der Waals surface area contributed by atoms with Gasteiger partial charge in [0.2, 0.25) is 0 Å². The van der Waals surface area contributed by atoms with Crippen molar-refractivity contribution in [2.24, 2.45) is 5.92 Å². The number of imidazole rings is 1. The Morgan fingerprint density at radius 1 is 0.933 bits per heavy atom. The molecule has 1 aliphatic rings. The van der Waals surface area contributed by atoms with Crippen LogP contribution in [0.2, 0.25) is 0 Å². The highest BCUT2D eigenvalue weighted by molar-refractivity contribution is 5.81. The van der Waals surface area contributed by atoms with Crippen molar-refractivity contribution in [1.29, 1.82) is 0 Å². The Kier molecular flexibility index (Phi) is 4.88. The highest BCUT2D eigenvalue weighted by Crippen LogP contribution is 2.32. The monoisotopic (exact) mass is 399 g/mol. The van der Waals surface area contributed by atoms with Gasteiger partial charge >= 0.3 is 0 Å². The largest absolute Gasteiger partial charge is 0.352 e. The number of aromatic nitrogens is 5. The normalized spacial score (nSPS) is 17.0. The highest BCUT2D eigenvalue weighted by Gasteiger charge is 2.24. The van der Waals surface area contributed by atoms with E-state index in [0.717, 1.165) is 53.6 Å². The minimum atomic E-state index is 0.464. The smallest absolute Gasteiger partial charge is 0.155 e. The van der Waals surface area contributed by atoms with E-state index in [-0.39, 0.29) is 0 Å². The first kappa shape index (κ1) is 18.7. The Morgan fingerprint density at radius 2 is 1.63 bits per heavy atom. The predicted octanol–water partition coefficient (Wildman–Crippen LogP) is 3.29. The van der Waals surface area contributed by atoms with Gasteiger partial charge in [-0.15, -0.1) is 5.10 Å². The molecule has 0 unspecified atom stereocenters. The lowest BCUT2D eigenvalue weighted by Gasteiger charge is -2.36. The molecule has 1 atom stereocenters. The summed E-state index contributed by atoms with van der Waals surface area (Å²) < 4.78 is 1.97. The summed E-state index contributed by atoms with van der Waals surface area (Å²) in [5.74, 6) is 1.55. The average molecular weight is 400 g/mol. The van der Waals surface area contributed by atoms with E-state index in [1.807, 2.05) is 28.8 Å². The van der Waals surface area contributed by atoms with E-state index in [0.29, 0.717) is 12.0 Å². The molecular formula is C23H25N7. The third-order valence-electron chi connectivity index (χ3n) is 5.70. The summed E-state index contributed by atoms with van der Waals surface area (Å²) in [5, 5.41) is 8.65. The van der Waals surface area contributed by atoms with Gasteiger partial charge in [-0.25, -0.2) is 9.50 Å². The fourth-order valence-corrected chi connectivity index (χ4v) is 4.00. The summed E-state index contributed by atoms with van der Waals surface area (Å²) in [4.78, 5) is 15.6. The highest BCUT2D eigenvalue weighted by atomic mass is 15.3. The molecule has 5 heterocycles. The van der Waals surface area contributed by atoms with Crippen molar-refractivity contribution in [3.05, 3.63) is 61.2 Å². The average Bonchev–Trinajstić information content (AvgIpc) is 3.19. The molecule has 0 aromatic carbocycles. The molecule has 0 aliphatic carbocycles. The predicted molar refractivity (Wildman–Crippen MR) is 118 cm³/mol. The summed E-state index contributed by atoms with van der Waals surface area (Å²) in [6.45, 7) is 7.38. The second-order valence-corrected chi connectivity index (χ2v) is 7.99.